The molecule has 0 radical (unpaired) electrons. The van der Waals surface area contributed by atoms with Crippen molar-refractivity contribution >= 4 is 48.9 Å². The average molecular weight is 512 g/mol. The van der Waals surface area contributed by atoms with Crippen LogP contribution in [0.3, 0.4) is 0 Å². The van der Waals surface area contributed by atoms with E-state index >= 15 is 0 Å². The van der Waals surface area contributed by atoms with Crippen molar-refractivity contribution in [3.8, 4) is 5.75 Å². The van der Waals surface area contributed by atoms with Crippen molar-refractivity contribution in [2.24, 2.45) is 0 Å². The Morgan fingerprint density at radius 2 is 2.00 bits per heavy atom. The summed E-state index contributed by atoms with van der Waals surface area (Å²) in [5, 5.41) is 11.7. The Kier molecular flexibility index (Phi) is 6.76. The van der Waals surface area contributed by atoms with E-state index in [4.69, 9.17) is 9.94 Å². The summed E-state index contributed by atoms with van der Waals surface area (Å²) in [5.74, 6) is -0.311. The molecule has 8 nitrogen and oxygen atoms in total. The summed E-state index contributed by atoms with van der Waals surface area (Å²) in [6, 6.07) is 9.11. The number of hydroxylamine groups is 1. The Labute approximate surface area is 186 Å². The van der Waals surface area contributed by atoms with E-state index < -0.39 is 15.9 Å². The molecule has 1 heterocycles. The SMILES string of the molecule is Cc1cc(Br)cc(C(=O)NO)c1N(C)S(=O)(=O)c1ccc(OCc2nccs2)cc1. The number of aromatic nitrogens is 1. The molecule has 0 fully saturated rings. The lowest BCUT2D eigenvalue weighted by molar-refractivity contribution is 0.0707. The van der Waals surface area contributed by atoms with Crippen molar-refractivity contribution in [1.82, 2.24) is 10.5 Å². The summed E-state index contributed by atoms with van der Waals surface area (Å²) in [7, 11) is -2.62. The smallest absolute Gasteiger partial charge is 0.276 e. The van der Waals surface area contributed by atoms with Gasteiger partial charge in [0.2, 0.25) is 0 Å². The van der Waals surface area contributed by atoms with Gasteiger partial charge in [0.15, 0.2) is 0 Å². The van der Waals surface area contributed by atoms with Gasteiger partial charge in [0.25, 0.3) is 15.9 Å². The van der Waals surface area contributed by atoms with Gasteiger partial charge in [-0.25, -0.2) is 18.9 Å². The molecule has 0 unspecified atom stereocenters. The number of hydrogen-bond acceptors (Lipinski definition) is 7. The van der Waals surface area contributed by atoms with Crippen LogP contribution in [0, 0.1) is 6.92 Å². The number of hydrogen-bond donors (Lipinski definition) is 2. The molecule has 158 valence electrons. The second-order valence-corrected chi connectivity index (χ2v) is 10.1. The lowest BCUT2D eigenvalue weighted by atomic mass is 10.1. The van der Waals surface area contributed by atoms with Gasteiger partial charge in [-0.15, -0.1) is 11.3 Å². The summed E-state index contributed by atoms with van der Waals surface area (Å²) in [6.07, 6.45) is 1.68. The van der Waals surface area contributed by atoms with E-state index in [1.807, 2.05) is 5.38 Å². The first kappa shape index (κ1) is 22.2. The molecular weight excluding hydrogens is 494 g/mol. The molecule has 0 aliphatic carbocycles. The van der Waals surface area contributed by atoms with Crippen LogP contribution in [0.4, 0.5) is 5.69 Å². The fraction of sp³-hybridized carbons (Fsp3) is 0.158. The Morgan fingerprint density at radius 3 is 2.60 bits per heavy atom. The van der Waals surface area contributed by atoms with Crippen LogP contribution in [-0.2, 0) is 16.6 Å². The molecule has 3 rings (SSSR count). The maximum Gasteiger partial charge on any atom is 0.276 e. The van der Waals surface area contributed by atoms with Crippen molar-refractivity contribution in [3.63, 3.8) is 0 Å². The molecule has 11 heteroatoms. The predicted octanol–water partition coefficient (Wildman–Crippen LogP) is 3.74. The van der Waals surface area contributed by atoms with E-state index in [0.717, 1.165) is 9.31 Å². The Balaban J connectivity index is 1.89. The maximum absolute atomic E-state index is 13.2. The molecule has 0 aliphatic heterocycles. The van der Waals surface area contributed by atoms with Gasteiger partial charge in [-0.1, -0.05) is 15.9 Å². The van der Waals surface area contributed by atoms with Crippen LogP contribution in [0.5, 0.6) is 5.75 Å². The maximum atomic E-state index is 13.2. The van der Waals surface area contributed by atoms with Crippen LogP contribution in [-0.4, -0.2) is 31.6 Å². The Morgan fingerprint density at radius 1 is 1.30 bits per heavy atom. The number of benzene rings is 2. The van der Waals surface area contributed by atoms with E-state index in [9.17, 15) is 13.2 Å². The van der Waals surface area contributed by atoms with Crippen LogP contribution < -0.4 is 14.5 Å². The molecule has 0 bridgehead atoms. The van der Waals surface area contributed by atoms with E-state index in [0.29, 0.717) is 22.4 Å². The number of rotatable bonds is 7. The normalized spacial score (nSPS) is 11.2. The molecule has 1 aromatic heterocycles. The van der Waals surface area contributed by atoms with E-state index in [2.05, 4.69) is 20.9 Å². The first-order valence-electron chi connectivity index (χ1n) is 8.58. The minimum Gasteiger partial charge on any atom is -0.486 e. The number of carbonyl (C=O) groups is 1. The van der Waals surface area contributed by atoms with Gasteiger partial charge in [0.05, 0.1) is 16.1 Å². The molecule has 1 amide bonds. The fourth-order valence-corrected chi connectivity index (χ4v) is 5.22. The fourth-order valence-electron chi connectivity index (χ4n) is 2.84. The van der Waals surface area contributed by atoms with Crippen LogP contribution in [0.15, 0.2) is 57.3 Å². The topological polar surface area (TPSA) is 109 Å². The van der Waals surface area contributed by atoms with Gasteiger partial charge >= 0.3 is 0 Å². The number of anilines is 1. The lowest BCUT2D eigenvalue weighted by Gasteiger charge is -2.24. The molecule has 0 saturated carbocycles. The Hall–Kier alpha value is -2.47. The summed E-state index contributed by atoms with van der Waals surface area (Å²) < 4.78 is 33.5. The van der Waals surface area contributed by atoms with Crippen molar-refractivity contribution in [2.75, 3.05) is 11.4 Å². The van der Waals surface area contributed by atoms with Crippen molar-refractivity contribution < 1.29 is 23.2 Å². The highest BCUT2D eigenvalue weighted by Gasteiger charge is 2.27. The number of carbonyl (C=O) groups excluding carboxylic acids is 1. The second kappa shape index (κ2) is 9.13. The standard InChI is InChI=1S/C19H18BrN3O5S2/c1-12-9-13(20)10-16(19(24)22-25)18(12)23(2)30(26,27)15-5-3-14(4-6-15)28-11-17-21-7-8-29-17/h3-10,25H,11H2,1-2H3,(H,22,24). The number of amides is 1. The first-order chi connectivity index (χ1) is 14.2. The second-order valence-electron chi connectivity index (χ2n) is 6.22. The molecule has 0 saturated heterocycles. The number of nitrogens with one attached hydrogen (secondary N) is 1. The van der Waals surface area contributed by atoms with Crippen LogP contribution in [0.1, 0.15) is 20.9 Å². The summed E-state index contributed by atoms with van der Waals surface area (Å²) >= 11 is 4.75. The van der Waals surface area contributed by atoms with E-state index in [-0.39, 0.29) is 16.1 Å². The van der Waals surface area contributed by atoms with Gasteiger partial charge in [0.1, 0.15) is 17.4 Å². The van der Waals surface area contributed by atoms with Gasteiger partial charge in [-0.2, -0.15) is 0 Å². The number of nitrogens with zero attached hydrogens (tertiary/aromatic N) is 2. The molecule has 0 aliphatic rings. The molecule has 0 spiro atoms. The monoisotopic (exact) mass is 511 g/mol. The lowest BCUT2D eigenvalue weighted by Crippen LogP contribution is -2.30. The predicted molar refractivity (Wildman–Crippen MR) is 117 cm³/mol. The summed E-state index contributed by atoms with van der Waals surface area (Å²) in [6.45, 7) is 1.97. The zero-order valence-corrected chi connectivity index (χ0v) is 19.2. The summed E-state index contributed by atoms with van der Waals surface area (Å²) in [4.78, 5) is 16.3. The molecule has 3 aromatic rings. The number of halogens is 1. The molecular formula is C19H18BrN3O5S2. The third-order valence-electron chi connectivity index (χ3n) is 4.25. The largest absolute Gasteiger partial charge is 0.486 e. The van der Waals surface area contributed by atoms with Crippen LogP contribution in [0.25, 0.3) is 0 Å². The van der Waals surface area contributed by atoms with Gasteiger partial charge in [-0.05, 0) is 48.9 Å². The molecule has 30 heavy (non-hydrogen) atoms. The van der Waals surface area contributed by atoms with Gasteiger partial charge < -0.3 is 4.74 Å². The Bertz CT molecular complexity index is 1150. The van der Waals surface area contributed by atoms with Gasteiger partial charge in [0, 0.05) is 23.1 Å². The van der Waals surface area contributed by atoms with Gasteiger partial charge in [-0.3, -0.25) is 14.3 Å². The molecule has 2 N–H and O–H groups in total. The molecule has 0 atom stereocenters. The number of ether oxygens (including phenoxy) is 1. The van der Waals surface area contributed by atoms with Crippen molar-refractivity contribution in [2.45, 2.75) is 18.4 Å². The zero-order chi connectivity index (χ0) is 21.9. The third-order valence-corrected chi connectivity index (χ3v) is 7.24. The van der Waals surface area contributed by atoms with E-state index in [1.165, 1.54) is 36.6 Å². The van der Waals surface area contributed by atoms with Crippen LogP contribution >= 0.6 is 27.3 Å². The average Bonchev–Trinajstić information content (AvgIpc) is 3.24. The zero-order valence-electron chi connectivity index (χ0n) is 16.0. The highest BCUT2D eigenvalue weighted by molar-refractivity contribution is 9.10. The van der Waals surface area contributed by atoms with E-state index in [1.54, 1.807) is 36.8 Å². The number of aryl methyl sites for hydroxylation is 1. The van der Waals surface area contributed by atoms with Crippen LogP contribution in [0.2, 0.25) is 0 Å². The molecule has 2 aromatic carbocycles. The number of thiazole rings is 1. The minimum atomic E-state index is -3.98. The highest BCUT2D eigenvalue weighted by atomic mass is 79.9. The third kappa shape index (κ3) is 4.64. The summed E-state index contributed by atoms with van der Waals surface area (Å²) in [5.41, 5.74) is 2.27. The van der Waals surface area contributed by atoms with Crippen molar-refractivity contribution in [3.05, 3.63) is 68.6 Å². The minimum absolute atomic E-state index is 0.0128. The van der Waals surface area contributed by atoms with Crippen molar-refractivity contribution in [1.29, 1.82) is 0 Å². The quantitative estimate of drug-likeness (QED) is 0.369. The highest BCUT2D eigenvalue weighted by Crippen LogP contribution is 2.32. The first-order valence-corrected chi connectivity index (χ1v) is 11.7. The number of sulfonamides is 1.